The number of amides is 2. The Kier molecular flexibility index (Phi) is 4.67. The zero-order chi connectivity index (χ0) is 19.5. The van der Waals surface area contributed by atoms with E-state index < -0.39 is 0 Å². The fourth-order valence-corrected chi connectivity index (χ4v) is 3.31. The summed E-state index contributed by atoms with van der Waals surface area (Å²) in [5, 5.41) is 14.0. The molecule has 28 heavy (non-hydrogen) atoms. The lowest BCUT2D eigenvalue weighted by atomic mass is 9.93. The summed E-state index contributed by atoms with van der Waals surface area (Å²) >= 11 is 0. The van der Waals surface area contributed by atoms with E-state index in [2.05, 4.69) is 20.8 Å². The summed E-state index contributed by atoms with van der Waals surface area (Å²) in [7, 11) is 0. The van der Waals surface area contributed by atoms with Gasteiger partial charge in [-0.05, 0) is 45.8 Å². The molecule has 0 bridgehead atoms. The SMILES string of the molecule is CC(=O)N1C=Cc2ccccc2[C@H]1CC(=O)Nc1cccc(-n2cnnn2)c1. The third-order valence-corrected chi connectivity index (χ3v) is 4.59. The van der Waals surface area contributed by atoms with Crippen LogP contribution in [0.3, 0.4) is 0 Å². The molecule has 1 aromatic heterocycles. The zero-order valence-corrected chi connectivity index (χ0v) is 15.2. The molecule has 4 rings (SSSR count). The van der Waals surface area contributed by atoms with E-state index in [1.165, 1.54) is 17.9 Å². The topological polar surface area (TPSA) is 93.0 Å². The van der Waals surface area contributed by atoms with E-state index in [1.807, 2.05) is 42.5 Å². The number of nitrogens with zero attached hydrogens (tertiary/aromatic N) is 5. The molecule has 1 N–H and O–H groups in total. The number of aromatic nitrogens is 4. The highest BCUT2D eigenvalue weighted by atomic mass is 16.2. The number of tetrazole rings is 1. The average molecular weight is 374 g/mol. The molecule has 2 heterocycles. The number of fused-ring (bicyclic) bond motifs is 1. The van der Waals surface area contributed by atoms with E-state index in [0.29, 0.717) is 5.69 Å². The maximum atomic E-state index is 12.7. The summed E-state index contributed by atoms with van der Waals surface area (Å²) < 4.78 is 1.51. The van der Waals surface area contributed by atoms with E-state index in [0.717, 1.165) is 16.8 Å². The molecule has 140 valence electrons. The number of hydrogen-bond acceptors (Lipinski definition) is 5. The van der Waals surface area contributed by atoms with Gasteiger partial charge in [-0.2, -0.15) is 0 Å². The lowest BCUT2D eigenvalue weighted by Crippen LogP contribution is -2.33. The molecule has 0 spiro atoms. The van der Waals surface area contributed by atoms with E-state index >= 15 is 0 Å². The third-order valence-electron chi connectivity index (χ3n) is 4.59. The molecule has 2 aromatic carbocycles. The first-order chi connectivity index (χ1) is 13.6. The van der Waals surface area contributed by atoms with Gasteiger partial charge in [-0.3, -0.25) is 9.59 Å². The quantitative estimate of drug-likeness (QED) is 0.758. The Labute approximate surface area is 161 Å². The highest BCUT2D eigenvalue weighted by molar-refractivity contribution is 5.92. The number of hydrogen-bond donors (Lipinski definition) is 1. The number of benzene rings is 2. The van der Waals surface area contributed by atoms with Gasteiger partial charge in [0.2, 0.25) is 11.8 Å². The van der Waals surface area contributed by atoms with Gasteiger partial charge in [-0.15, -0.1) is 5.10 Å². The van der Waals surface area contributed by atoms with Gasteiger partial charge in [0.05, 0.1) is 18.2 Å². The van der Waals surface area contributed by atoms with Crippen LogP contribution in [0.1, 0.15) is 30.5 Å². The van der Waals surface area contributed by atoms with E-state index in [9.17, 15) is 9.59 Å². The standard InChI is InChI=1S/C20H18N6O2/c1-14(27)25-10-9-15-5-2-3-8-18(15)19(25)12-20(28)22-16-6-4-7-17(11-16)26-13-21-23-24-26/h2-11,13,19H,12H2,1H3,(H,22,28)/t19-/m1/s1. The average Bonchev–Trinajstić information content (AvgIpc) is 3.23. The molecule has 0 saturated carbocycles. The highest BCUT2D eigenvalue weighted by Crippen LogP contribution is 2.33. The van der Waals surface area contributed by atoms with Crippen LogP contribution in [0.2, 0.25) is 0 Å². The van der Waals surface area contributed by atoms with Crippen molar-refractivity contribution < 1.29 is 9.59 Å². The van der Waals surface area contributed by atoms with Crippen molar-refractivity contribution in [1.29, 1.82) is 0 Å². The predicted octanol–water partition coefficient (Wildman–Crippen LogP) is 2.57. The van der Waals surface area contributed by atoms with Crippen LogP contribution in [-0.4, -0.2) is 36.9 Å². The van der Waals surface area contributed by atoms with Crippen LogP contribution < -0.4 is 5.32 Å². The molecule has 8 nitrogen and oxygen atoms in total. The molecular formula is C20H18N6O2. The molecule has 0 aliphatic carbocycles. The fraction of sp³-hybridized carbons (Fsp3) is 0.150. The maximum absolute atomic E-state index is 12.7. The Balaban J connectivity index is 1.53. The van der Waals surface area contributed by atoms with Crippen LogP contribution in [0.4, 0.5) is 5.69 Å². The predicted molar refractivity (Wildman–Crippen MR) is 103 cm³/mol. The van der Waals surface area contributed by atoms with Crippen molar-refractivity contribution in [3.8, 4) is 5.69 Å². The van der Waals surface area contributed by atoms with Crippen LogP contribution >= 0.6 is 0 Å². The number of carbonyl (C=O) groups is 2. The fourth-order valence-electron chi connectivity index (χ4n) is 3.31. The second kappa shape index (κ2) is 7.43. The molecule has 0 saturated heterocycles. The summed E-state index contributed by atoms with van der Waals surface area (Å²) in [6.07, 6.45) is 5.26. The first-order valence-electron chi connectivity index (χ1n) is 8.81. The lowest BCUT2D eigenvalue weighted by molar-refractivity contribution is -0.129. The van der Waals surface area contributed by atoms with Gasteiger partial charge in [0.1, 0.15) is 6.33 Å². The number of rotatable bonds is 4. The van der Waals surface area contributed by atoms with Gasteiger partial charge in [0.15, 0.2) is 0 Å². The molecular weight excluding hydrogens is 356 g/mol. The second-order valence-corrected chi connectivity index (χ2v) is 6.44. The van der Waals surface area contributed by atoms with Crippen molar-refractivity contribution in [3.63, 3.8) is 0 Å². The molecule has 3 aromatic rings. The summed E-state index contributed by atoms with van der Waals surface area (Å²) in [5.41, 5.74) is 3.34. The van der Waals surface area contributed by atoms with Crippen molar-refractivity contribution in [3.05, 3.63) is 72.2 Å². The molecule has 2 amide bonds. The van der Waals surface area contributed by atoms with Crippen LogP contribution in [-0.2, 0) is 9.59 Å². The van der Waals surface area contributed by atoms with Gasteiger partial charge >= 0.3 is 0 Å². The maximum Gasteiger partial charge on any atom is 0.226 e. The Morgan fingerprint density at radius 1 is 1.14 bits per heavy atom. The second-order valence-electron chi connectivity index (χ2n) is 6.44. The zero-order valence-electron chi connectivity index (χ0n) is 15.2. The highest BCUT2D eigenvalue weighted by Gasteiger charge is 2.28. The number of anilines is 1. The van der Waals surface area contributed by atoms with Crippen LogP contribution in [0, 0.1) is 0 Å². The monoisotopic (exact) mass is 374 g/mol. The molecule has 1 aliphatic rings. The largest absolute Gasteiger partial charge is 0.326 e. The minimum Gasteiger partial charge on any atom is -0.326 e. The molecule has 1 aliphatic heterocycles. The Bertz CT molecular complexity index is 1040. The summed E-state index contributed by atoms with van der Waals surface area (Å²) in [4.78, 5) is 26.4. The number of carbonyl (C=O) groups excluding carboxylic acids is 2. The van der Waals surface area contributed by atoms with Crippen molar-refractivity contribution >= 4 is 23.6 Å². The van der Waals surface area contributed by atoms with Crippen molar-refractivity contribution in [2.45, 2.75) is 19.4 Å². The van der Waals surface area contributed by atoms with Gasteiger partial charge in [0.25, 0.3) is 0 Å². The summed E-state index contributed by atoms with van der Waals surface area (Å²) in [6.45, 7) is 1.50. The Hall–Kier alpha value is -3.81. The lowest BCUT2D eigenvalue weighted by Gasteiger charge is -2.32. The molecule has 1 atom stereocenters. The Morgan fingerprint density at radius 3 is 2.79 bits per heavy atom. The van der Waals surface area contributed by atoms with Crippen molar-refractivity contribution in [2.75, 3.05) is 5.32 Å². The van der Waals surface area contributed by atoms with Gasteiger partial charge in [-0.1, -0.05) is 30.3 Å². The van der Waals surface area contributed by atoms with Gasteiger partial charge < -0.3 is 10.2 Å². The molecule has 8 heteroatoms. The minimum atomic E-state index is -0.346. The first-order valence-corrected chi connectivity index (χ1v) is 8.81. The van der Waals surface area contributed by atoms with Crippen LogP contribution in [0.5, 0.6) is 0 Å². The van der Waals surface area contributed by atoms with Gasteiger partial charge in [-0.25, -0.2) is 4.68 Å². The molecule has 0 unspecified atom stereocenters. The summed E-state index contributed by atoms with van der Waals surface area (Å²) in [5.74, 6) is -0.292. The van der Waals surface area contributed by atoms with Crippen LogP contribution in [0.15, 0.2) is 61.1 Å². The smallest absolute Gasteiger partial charge is 0.226 e. The van der Waals surface area contributed by atoms with Gasteiger partial charge in [0, 0.05) is 18.8 Å². The third kappa shape index (κ3) is 3.52. The van der Waals surface area contributed by atoms with Crippen LogP contribution in [0.25, 0.3) is 11.8 Å². The van der Waals surface area contributed by atoms with E-state index in [-0.39, 0.29) is 24.3 Å². The van der Waals surface area contributed by atoms with E-state index in [1.54, 1.807) is 23.2 Å². The normalized spacial score (nSPS) is 15.2. The van der Waals surface area contributed by atoms with E-state index in [4.69, 9.17) is 0 Å². The number of nitrogens with one attached hydrogen (secondary N) is 1. The summed E-state index contributed by atoms with van der Waals surface area (Å²) in [6, 6.07) is 14.7. The Morgan fingerprint density at radius 2 is 2.00 bits per heavy atom. The van der Waals surface area contributed by atoms with Crippen molar-refractivity contribution in [2.24, 2.45) is 0 Å². The molecule has 0 radical (unpaired) electrons. The molecule has 0 fully saturated rings. The minimum absolute atomic E-state index is 0.107. The first kappa shape index (κ1) is 17.6. The van der Waals surface area contributed by atoms with Crippen molar-refractivity contribution in [1.82, 2.24) is 25.1 Å².